The SMILES string of the molecule is COC(=O)C12C(C1(C)C)C2(C)C. The molecule has 0 saturated heterocycles. The first kappa shape index (κ1) is 8.09. The molecule has 0 aromatic rings. The quantitative estimate of drug-likeness (QED) is 0.558. The number of hydrogen-bond acceptors (Lipinski definition) is 2. The molecule has 0 aromatic carbocycles. The predicted molar refractivity (Wildman–Crippen MR) is 45.5 cm³/mol. The van der Waals surface area contributed by atoms with Crippen LogP contribution in [0.5, 0.6) is 0 Å². The van der Waals surface area contributed by atoms with Crippen molar-refractivity contribution in [2.45, 2.75) is 27.7 Å². The maximum absolute atomic E-state index is 11.5. The Balaban J connectivity index is 2.30. The molecule has 2 fully saturated rings. The lowest BCUT2D eigenvalue weighted by atomic mass is 9.76. The van der Waals surface area contributed by atoms with Crippen LogP contribution in [0.15, 0.2) is 0 Å². The zero-order chi connectivity index (χ0) is 9.36. The highest BCUT2D eigenvalue weighted by molar-refractivity contribution is 5.90. The van der Waals surface area contributed by atoms with Gasteiger partial charge in [0.05, 0.1) is 12.5 Å². The lowest BCUT2D eigenvalue weighted by molar-refractivity contribution is -0.148. The Morgan fingerprint density at radius 3 is 1.67 bits per heavy atom. The fourth-order valence-electron chi connectivity index (χ4n) is 3.99. The van der Waals surface area contributed by atoms with Gasteiger partial charge in [0.1, 0.15) is 0 Å². The number of carbonyl (C=O) groups excluding carboxylic acids is 1. The average Bonchev–Trinajstić information content (AvgIpc) is 2.69. The van der Waals surface area contributed by atoms with Crippen LogP contribution in [0.25, 0.3) is 0 Å². The van der Waals surface area contributed by atoms with Gasteiger partial charge >= 0.3 is 5.97 Å². The van der Waals surface area contributed by atoms with Gasteiger partial charge in [-0.2, -0.15) is 0 Å². The lowest BCUT2D eigenvalue weighted by Gasteiger charge is -2.28. The number of carbonyl (C=O) groups is 1. The zero-order valence-corrected chi connectivity index (χ0v) is 8.39. The van der Waals surface area contributed by atoms with Crippen molar-refractivity contribution >= 4 is 5.97 Å². The van der Waals surface area contributed by atoms with Crippen LogP contribution in [0.3, 0.4) is 0 Å². The molecule has 0 radical (unpaired) electrons. The van der Waals surface area contributed by atoms with Crippen LogP contribution in [-0.4, -0.2) is 13.1 Å². The van der Waals surface area contributed by atoms with Gasteiger partial charge in [0.2, 0.25) is 0 Å². The van der Waals surface area contributed by atoms with Crippen molar-refractivity contribution in [3.05, 3.63) is 0 Å². The first-order chi connectivity index (χ1) is 5.35. The van der Waals surface area contributed by atoms with E-state index in [0.717, 1.165) is 0 Å². The number of hydrogen-bond donors (Lipinski definition) is 0. The molecule has 0 aromatic heterocycles. The molecule has 0 N–H and O–H groups in total. The van der Waals surface area contributed by atoms with E-state index < -0.39 is 0 Å². The average molecular weight is 168 g/mol. The summed E-state index contributed by atoms with van der Waals surface area (Å²) < 4.78 is 4.85. The number of fused-ring (bicyclic) bond motifs is 1. The molecule has 2 heteroatoms. The van der Waals surface area contributed by atoms with Gasteiger partial charge in [0.25, 0.3) is 0 Å². The maximum Gasteiger partial charge on any atom is 0.313 e. The molecule has 2 saturated carbocycles. The molecule has 0 bridgehead atoms. The highest BCUT2D eigenvalue weighted by Crippen LogP contribution is 2.97. The van der Waals surface area contributed by atoms with Crippen molar-refractivity contribution in [1.29, 1.82) is 0 Å². The molecule has 2 aliphatic rings. The Bertz CT molecular complexity index is 247. The summed E-state index contributed by atoms with van der Waals surface area (Å²) >= 11 is 0. The van der Waals surface area contributed by atoms with Crippen molar-refractivity contribution in [3.8, 4) is 0 Å². The molecule has 0 unspecified atom stereocenters. The number of rotatable bonds is 1. The van der Waals surface area contributed by atoms with Gasteiger partial charge in [0, 0.05) is 0 Å². The molecule has 2 aliphatic carbocycles. The normalized spacial score (nSPS) is 44.6. The molecule has 12 heavy (non-hydrogen) atoms. The largest absolute Gasteiger partial charge is 0.469 e. The van der Waals surface area contributed by atoms with Crippen molar-refractivity contribution in [1.82, 2.24) is 0 Å². The number of ether oxygens (including phenoxy) is 1. The Morgan fingerprint density at radius 2 is 1.58 bits per heavy atom. The summed E-state index contributed by atoms with van der Waals surface area (Å²) in [6, 6.07) is 0. The second-order valence-electron chi connectivity index (χ2n) is 5.18. The number of methoxy groups -OCH3 is 1. The molecule has 68 valence electrons. The third-order valence-electron chi connectivity index (χ3n) is 4.25. The number of esters is 1. The zero-order valence-electron chi connectivity index (χ0n) is 8.39. The summed E-state index contributed by atoms with van der Waals surface area (Å²) in [6.07, 6.45) is 0. The Hall–Kier alpha value is -0.530. The Kier molecular flexibility index (Phi) is 1.06. The van der Waals surface area contributed by atoms with Crippen LogP contribution < -0.4 is 0 Å². The summed E-state index contributed by atoms with van der Waals surface area (Å²) in [5, 5.41) is 0. The van der Waals surface area contributed by atoms with Crippen molar-refractivity contribution in [3.63, 3.8) is 0 Å². The van der Waals surface area contributed by atoms with Gasteiger partial charge in [-0.05, 0) is 16.7 Å². The second kappa shape index (κ2) is 1.57. The monoisotopic (exact) mass is 168 g/mol. The van der Waals surface area contributed by atoms with E-state index in [0.29, 0.717) is 5.92 Å². The minimum Gasteiger partial charge on any atom is -0.469 e. The molecule has 0 heterocycles. The van der Waals surface area contributed by atoms with E-state index in [1.165, 1.54) is 7.11 Å². The van der Waals surface area contributed by atoms with Crippen molar-refractivity contribution in [2.24, 2.45) is 22.2 Å². The first-order valence-corrected chi connectivity index (χ1v) is 4.43. The van der Waals surface area contributed by atoms with E-state index >= 15 is 0 Å². The first-order valence-electron chi connectivity index (χ1n) is 4.43. The van der Waals surface area contributed by atoms with Crippen LogP contribution >= 0.6 is 0 Å². The van der Waals surface area contributed by atoms with E-state index in [1.54, 1.807) is 0 Å². The summed E-state index contributed by atoms with van der Waals surface area (Å²) in [6.45, 7) is 8.61. The molecule has 0 atom stereocenters. The van der Waals surface area contributed by atoms with E-state index in [2.05, 4.69) is 27.7 Å². The molecule has 0 spiro atoms. The summed E-state index contributed by atoms with van der Waals surface area (Å²) in [4.78, 5) is 11.5. The minimum absolute atomic E-state index is 0.0116. The van der Waals surface area contributed by atoms with Crippen LogP contribution in [-0.2, 0) is 9.53 Å². The van der Waals surface area contributed by atoms with Gasteiger partial charge in [-0.3, -0.25) is 4.79 Å². The van der Waals surface area contributed by atoms with E-state index in [1.807, 2.05) is 0 Å². The van der Waals surface area contributed by atoms with Gasteiger partial charge in [0.15, 0.2) is 0 Å². The van der Waals surface area contributed by atoms with Crippen LogP contribution in [0.2, 0.25) is 0 Å². The predicted octanol–water partition coefficient (Wildman–Crippen LogP) is 1.84. The summed E-state index contributed by atoms with van der Waals surface area (Å²) in [5.41, 5.74) is 0.224. The van der Waals surface area contributed by atoms with Crippen LogP contribution in [0, 0.1) is 22.2 Å². The van der Waals surface area contributed by atoms with Gasteiger partial charge < -0.3 is 4.74 Å². The minimum atomic E-state index is -0.144. The van der Waals surface area contributed by atoms with E-state index in [4.69, 9.17) is 4.74 Å². The topological polar surface area (TPSA) is 26.3 Å². The molecule has 2 nitrogen and oxygen atoms in total. The highest BCUT2D eigenvalue weighted by Gasteiger charge is 2.99. The lowest BCUT2D eigenvalue weighted by Crippen LogP contribution is -2.30. The second-order valence-corrected chi connectivity index (χ2v) is 5.18. The fourth-order valence-corrected chi connectivity index (χ4v) is 3.99. The third-order valence-corrected chi connectivity index (χ3v) is 4.25. The highest BCUT2D eigenvalue weighted by atomic mass is 16.5. The third kappa shape index (κ3) is 0.436. The molecule has 0 aliphatic heterocycles. The summed E-state index contributed by atoms with van der Waals surface area (Å²) in [7, 11) is 1.48. The molecule has 2 rings (SSSR count). The smallest absolute Gasteiger partial charge is 0.313 e. The van der Waals surface area contributed by atoms with Crippen molar-refractivity contribution < 1.29 is 9.53 Å². The van der Waals surface area contributed by atoms with Crippen LogP contribution in [0.1, 0.15) is 27.7 Å². The Labute approximate surface area is 73.3 Å². The molecular formula is C10H16O2. The fraction of sp³-hybridized carbons (Fsp3) is 0.900. The van der Waals surface area contributed by atoms with Gasteiger partial charge in [-0.1, -0.05) is 27.7 Å². The van der Waals surface area contributed by atoms with Crippen LogP contribution in [0.4, 0.5) is 0 Å². The standard InChI is InChI=1S/C10H16O2/c1-8(2)6-9(3,4)10(6,8)7(11)12-5/h6H,1-5H3. The maximum atomic E-state index is 11.5. The van der Waals surface area contributed by atoms with Crippen molar-refractivity contribution in [2.75, 3.05) is 7.11 Å². The summed E-state index contributed by atoms with van der Waals surface area (Å²) in [5.74, 6) is 0.535. The molecule has 0 amide bonds. The Morgan fingerprint density at radius 1 is 1.17 bits per heavy atom. The van der Waals surface area contributed by atoms with Gasteiger partial charge in [-0.15, -0.1) is 0 Å². The van der Waals surface area contributed by atoms with Gasteiger partial charge in [-0.25, -0.2) is 0 Å². The molecular weight excluding hydrogens is 152 g/mol. The van der Waals surface area contributed by atoms with E-state index in [9.17, 15) is 4.79 Å². The van der Waals surface area contributed by atoms with E-state index in [-0.39, 0.29) is 22.2 Å².